The van der Waals surface area contributed by atoms with Gasteiger partial charge >= 0.3 is 0 Å². The summed E-state index contributed by atoms with van der Waals surface area (Å²) < 4.78 is 0. The van der Waals surface area contributed by atoms with Crippen LogP contribution >= 0.6 is 0 Å². The summed E-state index contributed by atoms with van der Waals surface area (Å²) in [5.41, 5.74) is 58.6. The van der Waals surface area contributed by atoms with Gasteiger partial charge in [-0.1, -0.05) is 132 Å². The van der Waals surface area contributed by atoms with Gasteiger partial charge in [-0.3, -0.25) is 0 Å². The van der Waals surface area contributed by atoms with Gasteiger partial charge in [-0.05, 0) is 382 Å². The fourth-order valence-electron chi connectivity index (χ4n) is 15.3. The minimum atomic E-state index is 1.11. The van der Waals surface area contributed by atoms with Crippen LogP contribution in [-0.4, -0.2) is 0 Å². The van der Waals surface area contributed by atoms with E-state index in [0.717, 1.165) is 32.1 Å². The van der Waals surface area contributed by atoms with Crippen molar-refractivity contribution in [1.29, 1.82) is 0 Å². The van der Waals surface area contributed by atoms with Gasteiger partial charge in [0.05, 0.1) is 0 Å². The molecule has 0 nitrogen and oxygen atoms in total. The maximum Gasteiger partial charge on any atom is -0.000799 e. The molecule has 0 bridgehead atoms. The van der Waals surface area contributed by atoms with E-state index >= 15 is 0 Å². The van der Waals surface area contributed by atoms with Gasteiger partial charge in [-0.25, -0.2) is 0 Å². The number of hydrogen-bond donors (Lipinski definition) is 0. The first kappa shape index (κ1) is 59.0. The topological polar surface area (TPSA) is 0 Å². The Morgan fingerprint density at radius 2 is 0.600 bits per heavy atom. The van der Waals surface area contributed by atoms with Gasteiger partial charge in [0.1, 0.15) is 0 Å². The lowest BCUT2D eigenvalue weighted by atomic mass is 9.92. The maximum atomic E-state index is 2.36. The van der Waals surface area contributed by atoms with Crippen molar-refractivity contribution in [3.8, 4) is 55.6 Å². The monoisotopic (exact) mass is 1110 g/mol. The molecule has 430 valence electrons. The van der Waals surface area contributed by atoms with E-state index in [0.29, 0.717) is 0 Å². The standard InChI is InChI=1S/5C17H18/c1-10-5-6-15-14(7-10)9-16-13(4)11(2)8-12(3)17(15)16;1-10-5-6-14-9-15-13(4)11(2)8-12(3)17(15)16(14)7-10;1-10-6-5-7-14-15(10)9-16-13(4)12(3)11(2)8-17(14)16;1-10-6-5-7-14-15(10)9-16-13(4)11(2)8-12(3)17(14)16;1-10-6-5-7-14-9-15-13(4)11(2)8-12(3)17(15)16(10)14/h5*5-8H,9H2,1-4H3. The molecule has 0 atom stereocenters. The molecule has 0 aliphatic heterocycles. The molecule has 0 heteroatoms. The second kappa shape index (κ2) is 22.9. The zero-order chi connectivity index (χ0) is 60.8. The second-order valence-corrected chi connectivity index (χ2v) is 26.4. The summed E-state index contributed by atoms with van der Waals surface area (Å²) >= 11 is 0. The van der Waals surface area contributed by atoms with E-state index in [1.165, 1.54) is 200 Å². The lowest BCUT2D eigenvalue weighted by Crippen LogP contribution is -1.93. The Labute approximate surface area is 511 Å². The van der Waals surface area contributed by atoms with Gasteiger partial charge in [-0.2, -0.15) is 0 Å². The van der Waals surface area contributed by atoms with Gasteiger partial charge in [0.15, 0.2) is 0 Å². The van der Waals surface area contributed by atoms with Crippen molar-refractivity contribution in [2.45, 2.75) is 171 Å². The molecular formula is C85H90. The van der Waals surface area contributed by atoms with Crippen molar-refractivity contribution < 1.29 is 0 Å². The molecule has 0 saturated heterocycles. The highest BCUT2D eigenvalue weighted by molar-refractivity contribution is 5.86. The zero-order valence-electron chi connectivity index (χ0n) is 55.1. The lowest BCUT2D eigenvalue weighted by molar-refractivity contribution is 1.15. The molecule has 0 unspecified atom stereocenters. The van der Waals surface area contributed by atoms with Crippen molar-refractivity contribution in [2.24, 2.45) is 0 Å². The summed E-state index contributed by atoms with van der Waals surface area (Å²) in [5, 5.41) is 0. The van der Waals surface area contributed by atoms with Gasteiger partial charge in [-0.15, -0.1) is 0 Å². The van der Waals surface area contributed by atoms with Gasteiger partial charge in [0.2, 0.25) is 0 Å². The Morgan fingerprint density at radius 3 is 1.19 bits per heavy atom. The molecule has 0 radical (unpaired) electrons. The van der Waals surface area contributed by atoms with Crippen LogP contribution in [-0.2, 0) is 32.1 Å². The molecule has 0 fully saturated rings. The fraction of sp³-hybridized carbons (Fsp3) is 0.294. The minimum Gasteiger partial charge on any atom is -0.0617 e. The van der Waals surface area contributed by atoms with Gasteiger partial charge < -0.3 is 0 Å². The quantitative estimate of drug-likeness (QED) is 0.142. The highest BCUT2D eigenvalue weighted by Crippen LogP contribution is 2.47. The summed E-state index contributed by atoms with van der Waals surface area (Å²) in [6.07, 6.45) is 5.57. The lowest BCUT2D eigenvalue weighted by Gasteiger charge is -2.12. The first-order valence-corrected chi connectivity index (χ1v) is 31.4. The molecule has 10 aromatic rings. The molecule has 85 heavy (non-hydrogen) atoms. The first-order chi connectivity index (χ1) is 40.4. The largest absolute Gasteiger partial charge is 0.0617 e. The van der Waals surface area contributed by atoms with E-state index < -0.39 is 0 Å². The molecular weight excluding hydrogens is 1020 g/mol. The average molecular weight is 1110 g/mol. The third-order valence-corrected chi connectivity index (χ3v) is 20.8. The molecule has 5 aliphatic rings. The molecule has 10 aromatic carbocycles. The van der Waals surface area contributed by atoms with Crippen LogP contribution in [0, 0.1) is 138 Å². The van der Waals surface area contributed by atoms with E-state index in [9.17, 15) is 0 Å². The molecule has 0 heterocycles. The highest BCUT2D eigenvalue weighted by atomic mass is 14.3. The third-order valence-electron chi connectivity index (χ3n) is 20.8. The van der Waals surface area contributed by atoms with Crippen LogP contribution < -0.4 is 0 Å². The van der Waals surface area contributed by atoms with Gasteiger partial charge in [0.25, 0.3) is 0 Å². The van der Waals surface area contributed by atoms with Crippen LogP contribution in [0.5, 0.6) is 0 Å². The Bertz CT molecular complexity index is 4390. The Morgan fingerprint density at radius 1 is 0.188 bits per heavy atom. The molecule has 0 amide bonds. The van der Waals surface area contributed by atoms with E-state index in [2.05, 4.69) is 260 Å². The number of fused-ring (bicyclic) bond motifs is 15. The zero-order valence-corrected chi connectivity index (χ0v) is 55.1. The molecule has 15 rings (SSSR count). The number of hydrogen-bond acceptors (Lipinski definition) is 0. The smallest absolute Gasteiger partial charge is 0.000799 e. The Balaban J connectivity index is 0.000000111. The van der Waals surface area contributed by atoms with Crippen LogP contribution in [0.25, 0.3) is 55.6 Å². The van der Waals surface area contributed by atoms with Crippen molar-refractivity contribution in [3.05, 3.63) is 288 Å². The van der Waals surface area contributed by atoms with E-state index in [1.807, 2.05) is 0 Å². The molecule has 0 aromatic heterocycles. The van der Waals surface area contributed by atoms with Crippen molar-refractivity contribution in [3.63, 3.8) is 0 Å². The summed E-state index contributed by atoms with van der Waals surface area (Å²) in [4.78, 5) is 0. The summed E-state index contributed by atoms with van der Waals surface area (Å²) in [6.45, 7) is 44.6. The van der Waals surface area contributed by atoms with Crippen molar-refractivity contribution >= 4 is 0 Å². The third kappa shape index (κ3) is 10.5. The Kier molecular flexibility index (Phi) is 15.9. The van der Waals surface area contributed by atoms with Crippen LogP contribution in [0.1, 0.15) is 167 Å². The van der Waals surface area contributed by atoms with Gasteiger partial charge in [0, 0.05) is 0 Å². The van der Waals surface area contributed by atoms with Crippen LogP contribution in [0.4, 0.5) is 0 Å². The number of benzene rings is 10. The molecule has 0 N–H and O–H groups in total. The normalized spacial score (nSPS) is 12.5. The predicted octanol–water partition coefficient (Wildman–Crippen LogP) is 22.5. The van der Waals surface area contributed by atoms with Crippen molar-refractivity contribution in [2.75, 3.05) is 0 Å². The highest BCUT2D eigenvalue weighted by Gasteiger charge is 2.28. The summed E-state index contributed by atoms with van der Waals surface area (Å²) in [7, 11) is 0. The minimum absolute atomic E-state index is 1.11. The molecule has 0 saturated carbocycles. The SMILES string of the molecule is Cc1cc(C)c2c(c1C)Cc1c(C)cccc1-2.Cc1cc(C)c2c(c1C)Cc1cccc(C)c1-2.Cc1cc2c(c(C)c1C)Cc1c(C)cccc1-2.Cc1ccc2c(c1)-c1c(C)cc(C)c(C)c1C2.Cc1ccc2c(c1)Cc1c(C)c(C)cc(C)c1-2. The number of rotatable bonds is 0. The summed E-state index contributed by atoms with van der Waals surface area (Å²) in [5.74, 6) is 0. The first-order valence-electron chi connectivity index (χ1n) is 31.4. The average Bonchev–Trinajstić information content (AvgIpc) is 2.74. The number of aryl methyl sites for hydroxylation is 14. The summed E-state index contributed by atoms with van der Waals surface area (Å²) in [6, 6.07) is 45.4. The van der Waals surface area contributed by atoms with Crippen molar-refractivity contribution in [1.82, 2.24) is 0 Å². The molecule has 5 aliphatic carbocycles. The Hall–Kier alpha value is -7.80. The van der Waals surface area contributed by atoms with Crippen LogP contribution in [0.15, 0.2) is 121 Å². The van der Waals surface area contributed by atoms with Crippen LogP contribution in [0.2, 0.25) is 0 Å². The maximum absolute atomic E-state index is 2.36. The second-order valence-electron chi connectivity index (χ2n) is 26.4. The predicted molar refractivity (Wildman–Crippen MR) is 368 cm³/mol. The van der Waals surface area contributed by atoms with Crippen LogP contribution in [0.3, 0.4) is 0 Å². The molecule has 0 spiro atoms. The van der Waals surface area contributed by atoms with E-state index in [1.54, 1.807) is 22.3 Å². The fourth-order valence-corrected chi connectivity index (χ4v) is 15.3. The van der Waals surface area contributed by atoms with E-state index in [-0.39, 0.29) is 0 Å². The van der Waals surface area contributed by atoms with E-state index in [4.69, 9.17) is 0 Å².